The molecule has 1 heterocycles. The van der Waals surface area contributed by atoms with Gasteiger partial charge in [0.05, 0.1) is 0 Å². The van der Waals surface area contributed by atoms with Crippen molar-refractivity contribution >= 4 is 15.9 Å². The molecule has 1 aromatic rings. The van der Waals surface area contributed by atoms with Gasteiger partial charge in [-0.05, 0) is 30.2 Å². The summed E-state index contributed by atoms with van der Waals surface area (Å²) in [7, 11) is 0. The summed E-state index contributed by atoms with van der Waals surface area (Å²) in [5.74, 6) is -0.192. The maximum atomic E-state index is 13.1. The number of rotatable bonds is 2. The van der Waals surface area contributed by atoms with Gasteiger partial charge in [0.2, 0.25) is 0 Å². The second-order valence-corrected chi connectivity index (χ2v) is 4.98. The molecule has 4 heteroatoms. The minimum Gasteiger partial charge on any atom is -0.326 e. The van der Waals surface area contributed by atoms with E-state index in [1.165, 1.54) is 6.07 Å². The quantitative estimate of drug-likeness (QED) is 0.894. The first-order valence-corrected chi connectivity index (χ1v) is 5.86. The van der Waals surface area contributed by atoms with Crippen molar-refractivity contribution in [3.05, 3.63) is 34.1 Å². The number of hydrogen-bond acceptors (Lipinski definition) is 2. The lowest BCUT2D eigenvalue weighted by molar-refractivity contribution is 0.326. The first kappa shape index (κ1) is 11.0. The molecule has 1 aliphatic heterocycles. The molecule has 0 aromatic heterocycles. The molecule has 0 aliphatic carbocycles. The lowest BCUT2D eigenvalue weighted by Crippen LogP contribution is -2.26. The minimum absolute atomic E-state index is 0.192. The normalized spacial score (nSPS) is 22.2. The maximum Gasteiger partial charge on any atom is 0.124 e. The van der Waals surface area contributed by atoms with Gasteiger partial charge in [-0.2, -0.15) is 0 Å². The number of nitrogens with two attached hydrogens (primary N) is 1. The Balaban J connectivity index is 2.04. The highest BCUT2D eigenvalue weighted by Crippen LogP contribution is 2.18. The Morgan fingerprint density at radius 3 is 2.87 bits per heavy atom. The van der Waals surface area contributed by atoms with Crippen LogP contribution in [0.1, 0.15) is 12.0 Å². The molecule has 1 saturated heterocycles. The van der Waals surface area contributed by atoms with Crippen LogP contribution in [0.3, 0.4) is 0 Å². The van der Waals surface area contributed by atoms with Gasteiger partial charge in [-0.25, -0.2) is 4.39 Å². The van der Waals surface area contributed by atoms with Crippen LogP contribution in [-0.2, 0) is 6.54 Å². The van der Waals surface area contributed by atoms with E-state index >= 15 is 0 Å². The molecule has 0 amide bonds. The van der Waals surface area contributed by atoms with Crippen LogP contribution < -0.4 is 5.73 Å². The molecular weight excluding hydrogens is 259 g/mol. The van der Waals surface area contributed by atoms with E-state index in [0.717, 1.165) is 36.1 Å². The first-order valence-electron chi connectivity index (χ1n) is 5.06. The third kappa shape index (κ3) is 3.00. The molecule has 0 spiro atoms. The Morgan fingerprint density at radius 1 is 1.47 bits per heavy atom. The molecule has 2 nitrogen and oxygen atoms in total. The van der Waals surface area contributed by atoms with E-state index in [2.05, 4.69) is 20.8 Å². The van der Waals surface area contributed by atoms with Gasteiger partial charge in [0, 0.05) is 30.1 Å². The molecule has 0 unspecified atom stereocenters. The van der Waals surface area contributed by atoms with Gasteiger partial charge in [-0.1, -0.05) is 15.9 Å². The van der Waals surface area contributed by atoms with E-state index in [0.29, 0.717) is 0 Å². The molecule has 1 aliphatic rings. The summed E-state index contributed by atoms with van der Waals surface area (Å²) in [5, 5.41) is 0. The summed E-state index contributed by atoms with van der Waals surface area (Å²) in [6.45, 7) is 2.70. The van der Waals surface area contributed by atoms with Crippen LogP contribution in [-0.4, -0.2) is 24.0 Å². The van der Waals surface area contributed by atoms with Crippen molar-refractivity contribution in [1.82, 2.24) is 4.90 Å². The summed E-state index contributed by atoms with van der Waals surface area (Å²) < 4.78 is 13.9. The Kier molecular flexibility index (Phi) is 3.38. The van der Waals surface area contributed by atoms with Crippen molar-refractivity contribution in [3.63, 3.8) is 0 Å². The number of nitrogens with zero attached hydrogens (tertiary/aromatic N) is 1. The highest BCUT2D eigenvalue weighted by atomic mass is 79.9. The Bertz CT molecular complexity index is 336. The number of halogens is 2. The highest BCUT2D eigenvalue weighted by molar-refractivity contribution is 9.10. The van der Waals surface area contributed by atoms with Crippen LogP contribution in [0.25, 0.3) is 0 Å². The zero-order valence-electron chi connectivity index (χ0n) is 8.42. The van der Waals surface area contributed by atoms with Crippen LogP contribution in [0.5, 0.6) is 0 Å². The van der Waals surface area contributed by atoms with Crippen molar-refractivity contribution in [2.75, 3.05) is 13.1 Å². The van der Waals surface area contributed by atoms with Crippen molar-refractivity contribution < 1.29 is 4.39 Å². The summed E-state index contributed by atoms with van der Waals surface area (Å²) in [6, 6.07) is 5.28. The van der Waals surface area contributed by atoms with Crippen molar-refractivity contribution in [1.29, 1.82) is 0 Å². The summed E-state index contributed by atoms with van der Waals surface area (Å²) in [5.41, 5.74) is 6.81. The molecule has 15 heavy (non-hydrogen) atoms. The number of benzene rings is 1. The third-order valence-electron chi connectivity index (χ3n) is 2.64. The second kappa shape index (κ2) is 4.60. The molecular formula is C11H14BrFN2. The molecule has 2 rings (SSSR count). The Morgan fingerprint density at radius 2 is 2.27 bits per heavy atom. The van der Waals surface area contributed by atoms with Crippen molar-refractivity contribution in [3.8, 4) is 0 Å². The Labute approximate surface area is 97.4 Å². The third-order valence-corrected chi connectivity index (χ3v) is 3.10. The topological polar surface area (TPSA) is 29.3 Å². The van der Waals surface area contributed by atoms with Crippen molar-refractivity contribution in [2.45, 2.75) is 19.0 Å². The van der Waals surface area contributed by atoms with Gasteiger partial charge < -0.3 is 5.73 Å². The summed E-state index contributed by atoms with van der Waals surface area (Å²) >= 11 is 3.29. The second-order valence-electron chi connectivity index (χ2n) is 4.06. The molecule has 0 saturated carbocycles. The van der Waals surface area contributed by atoms with Gasteiger partial charge in [0.15, 0.2) is 0 Å². The van der Waals surface area contributed by atoms with Crippen molar-refractivity contribution in [2.24, 2.45) is 5.73 Å². The molecule has 1 fully saturated rings. The van der Waals surface area contributed by atoms with E-state index in [4.69, 9.17) is 5.73 Å². The highest BCUT2D eigenvalue weighted by Gasteiger charge is 2.18. The fourth-order valence-corrected chi connectivity index (χ4v) is 2.48. The van der Waals surface area contributed by atoms with Gasteiger partial charge in [-0.3, -0.25) is 4.90 Å². The van der Waals surface area contributed by atoms with E-state index in [-0.39, 0.29) is 11.9 Å². The maximum absolute atomic E-state index is 13.1. The molecule has 0 radical (unpaired) electrons. The lowest BCUT2D eigenvalue weighted by Gasteiger charge is -2.15. The predicted molar refractivity (Wildman–Crippen MR) is 62.0 cm³/mol. The Hall–Kier alpha value is -0.450. The van der Waals surface area contributed by atoms with Gasteiger partial charge in [0.1, 0.15) is 5.82 Å². The molecule has 1 aromatic carbocycles. The average Bonchev–Trinajstić information content (AvgIpc) is 2.49. The van der Waals surface area contributed by atoms with E-state index in [9.17, 15) is 4.39 Å². The standard InChI is InChI=1S/C11H14BrFN2/c12-9-3-8(4-10(13)5-9)6-15-2-1-11(14)7-15/h3-5,11H,1-2,6-7,14H2/t11-/m0/s1. The zero-order chi connectivity index (χ0) is 10.8. The van der Waals surface area contributed by atoms with Gasteiger partial charge >= 0.3 is 0 Å². The zero-order valence-corrected chi connectivity index (χ0v) is 10.0. The predicted octanol–water partition coefficient (Wildman–Crippen LogP) is 2.12. The average molecular weight is 273 g/mol. The van der Waals surface area contributed by atoms with Crippen LogP contribution in [0.15, 0.2) is 22.7 Å². The van der Waals surface area contributed by atoms with Crippen LogP contribution in [0, 0.1) is 5.82 Å². The molecule has 82 valence electrons. The molecule has 0 bridgehead atoms. The SMILES string of the molecule is N[C@H]1CCN(Cc2cc(F)cc(Br)c2)C1. The van der Waals surface area contributed by atoms with E-state index in [1.54, 1.807) is 6.07 Å². The van der Waals surface area contributed by atoms with E-state index in [1.807, 2.05) is 6.07 Å². The number of hydrogen-bond donors (Lipinski definition) is 1. The van der Waals surface area contributed by atoms with Gasteiger partial charge in [0.25, 0.3) is 0 Å². The molecule has 2 N–H and O–H groups in total. The van der Waals surface area contributed by atoms with Gasteiger partial charge in [-0.15, -0.1) is 0 Å². The lowest BCUT2D eigenvalue weighted by atomic mass is 10.2. The summed E-state index contributed by atoms with van der Waals surface area (Å²) in [6.07, 6.45) is 1.04. The van der Waals surface area contributed by atoms with Crippen LogP contribution >= 0.6 is 15.9 Å². The fraction of sp³-hybridized carbons (Fsp3) is 0.455. The first-order chi connectivity index (χ1) is 7.13. The van der Waals surface area contributed by atoms with Crippen LogP contribution in [0.4, 0.5) is 4.39 Å². The largest absolute Gasteiger partial charge is 0.326 e. The molecule has 1 atom stereocenters. The van der Waals surface area contributed by atoms with Crippen LogP contribution in [0.2, 0.25) is 0 Å². The summed E-state index contributed by atoms with van der Waals surface area (Å²) in [4.78, 5) is 2.26. The minimum atomic E-state index is -0.192. The monoisotopic (exact) mass is 272 g/mol. The van der Waals surface area contributed by atoms with E-state index < -0.39 is 0 Å². The fourth-order valence-electron chi connectivity index (χ4n) is 1.97. The number of likely N-dealkylation sites (tertiary alicyclic amines) is 1. The smallest absolute Gasteiger partial charge is 0.124 e.